The molecule has 0 amide bonds. The molecule has 1 atom stereocenters. The average molecular weight is 219 g/mol. The summed E-state index contributed by atoms with van der Waals surface area (Å²) in [5.41, 5.74) is 3.54. The van der Waals surface area contributed by atoms with Crippen LogP contribution in [-0.4, -0.2) is 31.6 Å². The van der Waals surface area contributed by atoms with Gasteiger partial charge in [-0.15, -0.1) is 0 Å². The molecule has 3 nitrogen and oxygen atoms in total. The predicted molar refractivity (Wildman–Crippen MR) is 41.4 cm³/mol. The molecule has 4 N–H and O–H groups in total. The van der Waals surface area contributed by atoms with Crippen molar-refractivity contribution in [2.75, 3.05) is 0 Å². The van der Waals surface area contributed by atoms with Crippen LogP contribution >= 0.6 is 0 Å². The molecule has 0 aliphatic heterocycles. The van der Waals surface area contributed by atoms with Crippen LogP contribution in [0.15, 0.2) is 17.1 Å². The van der Waals surface area contributed by atoms with Gasteiger partial charge in [-0.25, -0.2) is 0 Å². The number of quaternary nitrogens is 1. The van der Waals surface area contributed by atoms with Crippen molar-refractivity contribution in [3.05, 3.63) is 21.5 Å². The van der Waals surface area contributed by atoms with Crippen molar-refractivity contribution in [3.63, 3.8) is 0 Å². The molecule has 0 saturated carbocycles. The van der Waals surface area contributed by atoms with Crippen LogP contribution < -0.4 is 5.73 Å². The van der Waals surface area contributed by atoms with E-state index in [1.54, 1.807) is 0 Å². The topological polar surface area (TPSA) is 64.9 Å². The van der Waals surface area contributed by atoms with E-state index in [0.717, 1.165) is 0 Å². The Bertz CT molecular complexity index is 233. The van der Waals surface area contributed by atoms with E-state index in [2.05, 4.69) is 10.7 Å². The summed E-state index contributed by atoms with van der Waals surface area (Å²) in [6.45, 7) is 0. The summed E-state index contributed by atoms with van der Waals surface area (Å²) in [6, 6.07) is 3.48. The summed E-state index contributed by atoms with van der Waals surface area (Å²) in [6.07, 6.45) is 0.600. The number of hydrogen-bond acceptors (Lipinski definition) is 1. The van der Waals surface area contributed by atoms with Crippen molar-refractivity contribution in [3.8, 4) is 0 Å². The van der Waals surface area contributed by atoms with Gasteiger partial charge in [0, 0.05) is 0 Å². The normalized spacial score (nSPS) is 12.8. The Hall–Kier alpha value is -0.571. The van der Waals surface area contributed by atoms with E-state index in [1.165, 1.54) is 4.44 Å². The van der Waals surface area contributed by atoms with Crippen molar-refractivity contribution in [2.45, 2.75) is 12.5 Å². The Morgan fingerprint density at radius 3 is 3.00 bits per heavy atom. The molecule has 0 aromatic carbocycles. The summed E-state index contributed by atoms with van der Waals surface area (Å²) in [7, 11) is 0. The zero-order valence-corrected chi connectivity index (χ0v) is 7.70. The first kappa shape index (κ1) is 8.53. The molecule has 11 heavy (non-hydrogen) atoms. The second kappa shape index (κ2) is 3.72. The van der Waals surface area contributed by atoms with E-state index in [9.17, 15) is 4.79 Å². The molecule has 0 aliphatic rings. The third-order valence-corrected chi connectivity index (χ3v) is 3.26. The van der Waals surface area contributed by atoms with Crippen LogP contribution in [0.2, 0.25) is 0 Å². The first-order valence-corrected chi connectivity index (χ1v) is 5.13. The third-order valence-electron chi connectivity index (χ3n) is 1.38. The van der Waals surface area contributed by atoms with Crippen LogP contribution in [0, 0.1) is 0 Å². The molecule has 0 fully saturated rings. The van der Waals surface area contributed by atoms with Crippen LogP contribution in [0.1, 0.15) is 4.44 Å². The Labute approximate surface area is 70.6 Å². The number of hydrogen-bond donors (Lipinski definition) is 2. The van der Waals surface area contributed by atoms with Gasteiger partial charge in [0.05, 0.1) is 0 Å². The Balaban J connectivity index is 2.50. The first-order chi connectivity index (χ1) is 5.20. The van der Waals surface area contributed by atoms with Gasteiger partial charge in [-0.1, -0.05) is 0 Å². The number of rotatable bonds is 3. The fourth-order valence-electron chi connectivity index (χ4n) is 0.759. The van der Waals surface area contributed by atoms with Gasteiger partial charge < -0.3 is 0 Å². The average Bonchev–Trinajstić information content (AvgIpc) is 2.39. The van der Waals surface area contributed by atoms with Gasteiger partial charge in [-0.05, 0) is 0 Å². The van der Waals surface area contributed by atoms with E-state index in [1.807, 2.05) is 12.1 Å². The zero-order chi connectivity index (χ0) is 8.27. The minimum atomic E-state index is -0.811. The van der Waals surface area contributed by atoms with Crippen molar-refractivity contribution < 1.29 is 15.6 Å². The van der Waals surface area contributed by atoms with Gasteiger partial charge in [0.2, 0.25) is 0 Å². The Morgan fingerprint density at radius 1 is 1.82 bits per heavy atom. The van der Waals surface area contributed by atoms with Crippen LogP contribution in [0.3, 0.4) is 0 Å². The molecule has 1 heterocycles. The maximum absolute atomic E-state index is 10.4. The molecule has 1 unspecified atom stereocenters. The maximum atomic E-state index is 10.4. The molecule has 1 aromatic rings. The molecule has 60 valence electrons. The molecule has 0 bridgehead atoms. The van der Waals surface area contributed by atoms with E-state index >= 15 is 0 Å². The number of aliphatic carboxylic acids is 1. The number of carbonyl (C=O) groups is 1. The fraction of sp³-hybridized carbons (Fsp3) is 0.286. The molecule has 0 radical (unpaired) electrons. The first-order valence-electron chi connectivity index (χ1n) is 3.28. The van der Waals surface area contributed by atoms with Gasteiger partial charge in [-0.2, -0.15) is 0 Å². The van der Waals surface area contributed by atoms with E-state index < -0.39 is 12.0 Å². The van der Waals surface area contributed by atoms with Crippen LogP contribution in [0.25, 0.3) is 0 Å². The van der Waals surface area contributed by atoms with Gasteiger partial charge in [0.1, 0.15) is 0 Å². The molecule has 4 heteroatoms. The molecular weight excluding hydrogens is 209 g/mol. The van der Waals surface area contributed by atoms with Gasteiger partial charge in [0.15, 0.2) is 0 Å². The standard InChI is InChI=1S/C7H9NO2Se/c8-6(7(9)10)4-5-2-1-3-11-5/h1-3,6H,4,8H2,(H,9,10)/p+1. The molecular formula is C7H10NO2Se+. The summed E-state index contributed by atoms with van der Waals surface area (Å²) in [5, 5.41) is 8.54. The second-order valence-electron chi connectivity index (χ2n) is 2.32. The summed E-state index contributed by atoms with van der Waals surface area (Å²) in [4.78, 5) is 12.5. The van der Waals surface area contributed by atoms with E-state index in [4.69, 9.17) is 5.11 Å². The quantitative estimate of drug-likeness (QED) is 0.639. The summed E-state index contributed by atoms with van der Waals surface area (Å²) in [5.74, 6) is -0.811. The molecule has 1 aromatic heterocycles. The van der Waals surface area contributed by atoms with Crippen molar-refractivity contribution in [1.29, 1.82) is 0 Å². The third kappa shape index (κ3) is 2.50. The van der Waals surface area contributed by atoms with Crippen molar-refractivity contribution >= 4 is 20.5 Å². The SMILES string of the molecule is [NH3+]C(Cc1ccc[se]1)C(=O)O. The summed E-state index contributed by atoms with van der Waals surface area (Å²) >= 11 is 0.380. The summed E-state index contributed by atoms with van der Waals surface area (Å²) < 4.78 is 1.22. The second-order valence-corrected chi connectivity index (χ2v) is 4.48. The molecule has 0 saturated heterocycles. The fourth-order valence-corrected chi connectivity index (χ4v) is 2.41. The van der Waals surface area contributed by atoms with Gasteiger partial charge in [0.25, 0.3) is 0 Å². The monoisotopic (exact) mass is 220 g/mol. The van der Waals surface area contributed by atoms with E-state index in [0.29, 0.717) is 20.9 Å². The van der Waals surface area contributed by atoms with Gasteiger partial charge in [-0.3, -0.25) is 0 Å². The van der Waals surface area contributed by atoms with Crippen LogP contribution in [0.4, 0.5) is 0 Å². The molecule has 0 spiro atoms. The van der Waals surface area contributed by atoms with Gasteiger partial charge >= 0.3 is 70.1 Å². The van der Waals surface area contributed by atoms with E-state index in [-0.39, 0.29) is 0 Å². The predicted octanol–water partition coefficient (Wildman–Crippen LogP) is -1.02. The van der Waals surface area contributed by atoms with Crippen LogP contribution in [0.5, 0.6) is 0 Å². The Morgan fingerprint density at radius 2 is 2.55 bits per heavy atom. The molecule has 1 rings (SSSR count). The van der Waals surface area contributed by atoms with Crippen molar-refractivity contribution in [2.24, 2.45) is 0 Å². The van der Waals surface area contributed by atoms with Crippen molar-refractivity contribution in [1.82, 2.24) is 0 Å². The number of carboxylic acids is 1. The number of carboxylic acid groups (broad SMARTS) is 1. The zero-order valence-electron chi connectivity index (χ0n) is 5.99. The van der Waals surface area contributed by atoms with Crippen LogP contribution in [-0.2, 0) is 11.2 Å². The minimum absolute atomic E-state index is 0.380. The molecule has 0 aliphatic carbocycles. The Kier molecular flexibility index (Phi) is 2.88.